The summed E-state index contributed by atoms with van der Waals surface area (Å²) in [5.41, 5.74) is 0. The van der Waals surface area contributed by atoms with Gasteiger partial charge < -0.3 is 10.2 Å². The molecule has 0 aliphatic carbocycles. The van der Waals surface area contributed by atoms with Crippen LogP contribution in [0.3, 0.4) is 0 Å². The number of rotatable bonds is 4. The molecule has 0 saturated carbocycles. The average molecular weight is 267 g/mol. The lowest BCUT2D eigenvalue weighted by Gasteiger charge is -2.32. The van der Waals surface area contributed by atoms with E-state index in [9.17, 15) is 9.59 Å². The van der Waals surface area contributed by atoms with Gasteiger partial charge in [0.2, 0.25) is 11.8 Å². The molecule has 0 aromatic carbocycles. The summed E-state index contributed by atoms with van der Waals surface area (Å²) in [7, 11) is 0. The molecule has 108 valence electrons. The van der Waals surface area contributed by atoms with Crippen LogP contribution in [0.2, 0.25) is 0 Å². The van der Waals surface area contributed by atoms with Crippen molar-refractivity contribution >= 4 is 11.8 Å². The van der Waals surface area contributed by atoms with Gasteiger partial charge in [-0.05, 0) is 39.2 Å². The molecule has 2 saturated heterocycles. The second-order valence-corrected chi connectivity index (χ2v) is 5.68. The molecule has 1 N–H and O–H groups in total. The van der Waals surface area contributed by atoms with Crippen LogP contribution in [0.1, 0.15) is 39.0 Å². The predicted molar refractivity (Wildman–Crippen MR) is 73.7 cm³/mol. The molecule has 2 heterocycles. The quantitative estimate of drug-likeness (QED) is 0.811. The Morgan fingerprint density at radius 2 is 1.79 bits per heavy atom. The maximum absolute atomic E-state index is 11.9. The second-order valence-electron chi connectivity index (χ2n) is 5.68. The van der Waals surface area contributed by atoms with Crippen LogP contribution in [-0.2, 0) is 9.59 Å². The van der Waals surface area contributed by atoms with Crippen molar-refractivity contribution in [1.82, 2.24) is 15.1 Å². The maximum Gasteiger partial charge on any atom is 0.241 e. The molecule has 19 heavy (non-hydrogen) atoms. The Hall–Kier alpha value is -1.10. The lowest BCUT2D eigenvalue weighted by atomic mass is 10.0. The zero-order valence-corrected chi connectivity index (χ0v) is 11.9. The van der Waals surface area contributed by atoms with E-state index in [1.165, 1.54) is 19.3 Å². The number of nitrogens with one attached hydrogen (secondary N) is 1. The van der Waals surface area contributed by atoms with Crippen molar-refractivity contribution in [3.05, 3.63) is 0 Å². The predicted octanol–water partition coefficient (Wildman–Crippen LogP) is 0.599. The first-order valence-corrected chi connectivity index (χ1v) is 7.45. The fourth-order valence-electron chi connectivity index (χ4n) is 2.89. The van der Waals surface area contributed by atoms with Gasteiger partial charge in [-0.1, -0.05) is 6.42 Å². The Bertz CT molecular complexity index is 327. The summed E-state index contributed by atoms with van der Waals surface area (Å²) in [6.45, 7) is 5.43. The van der Waals surface area contributed by atoms with Crippen molar-refractivity contribution in [3.8, 4) is 0 Å². The number of hydrogen-bond acceptors (Lipinski definition) is 3. The van der Waals surface area contributed by atoms with Gasteiger partial charge in [-0.25, -0.2) is 0 Å². The van der Waals surface area contributed by atoms with E-state index >= 15 is 0 Å². The second kappa shape index (κ2) is 6.89. The van der Waals surface area contributed by atoms with Crippen LogP contribution in [-0.4, -0.2) is 60.4 Å². The molecule has 0 radical (unpaired) electrons. The summed E-state index contributed by atoms with van der Waals surface area (Å²) in [5.74, 6) is 0.0267. The van der Waals surface area contributed by atoms with E-state index < -0.39 is 0 Å². The van der Waals surface area contributed by atoms with E-state index in [0.717, 1.165) is 32.5 Å². The fraction of sp³-hybridized carbons (Fsp3) is 0.857. The van der Waals surface area contributed by atoms with Gasteiger partial charge >= 0.3 is 0 Å². The molecule has 1 atom stereocenters. The van der Waals surface area contributed by atoms with Crippen LogP contribution in [0.25, 0.3) is 0 Å². The first-order chi connectivity index (χ1) is 9.16. The summed E-state index contributed by atoms with van der Waals surface area (Å²) in [6, 6.07) is 0.480. The minimum absolute atomic E-state index is 0.0266. The first-order valence-electron chi connectivity index (χ1n) is 7.45. The number of carbonyl (C=O) groups is 2. The van der Waals surface area contributed by atoms with E-state index in [0.29, 0.717) is 12.6 Å². The normalized spacial score (nSPS) is 24.5. The van der Waals surface area contributed by atoms with Gasteiger partial charge in [0.25, 0.3) is 0 Å². The highest BCUT2D eigenvalue weighted by Crippen LogP contribution is 2.15. The Morgan fingerprint density at radius 3 is 2.47 bits per heavy atom. The zero-order chi connectivity index (χ0) is 13.7. The largest absolute Gasteiger partial charge is 0.346 e. The first kappa shape index (κ1) is 14.3. The molecule has 0 spiro atoms. The molecule has 2 aliphatic heterocycles. The van der Waals surface area contributed by atoms with E-state index in [1.54, 1.807) is 0 Å². The third-order valence-electron chi connectivity index (χ3n) is 4.18. The molecule has 2 fully saturated rings. The highest BCUT2D eigenvalue weighted by molar-refractivity contribution is 5.85. The standard InChI is InChI=1S/C14H25N3O2/c1-12-6-2-3-9-17(12)11-13(18)15-10-14(19)16-7-4-5-8-16/h12H,2-11H2,1H3,(H,15,18). The summed E-state index contributed by atoms with van der Waals surface area (Å²) in [6.07, 6.45) is 5.77. The van der Waals surface area contributed by atoms with Crippen LogP contribution >= 0.6 is 0 Å². The third kappa shape index (κ3) is 4.20. The summed E-state index contributed by atoms with van der Waals surface area (Å²) < 4.78 is 0. The van der Waals surface area contributed by atoms with Crippen LogP contribution in [0.4, 0.5) is 0 Å². The molecular weight excluding hydrogens is 242 g/mol. The smallest absolute Gasteiger partial charge is 0.241 e. The van der Waals surface area contributed by atoms with E-state index in [4.69, 9.17) is 0 Å². The van der Waals surface area contributed by atoms with Gasteiger partial charge in [0.1, 0.15) is 0 Å². The fourth-order valence-corrected chi connectivity index (χ4v) is 2.89. The molecule has 0 aromatic heterocycles. The number of hydrogen-bond donors (Lipinski definition) is 1. The van der Waals surface area contributed by atoms with Gasteiger partial charge in [-0.15, -0.1) is 0 Å². The van der Waals surface area contributed by atoms with Crippen LogP contribution in [0.15, 0.2) is 0 Å². The van der Waals surface area contributed by atoms with Crippen LogP contribution in [0, 0.1) is 0 Å². The minimum Gasteiger partial charge on any atom is -0.346 e. The highest BCUT2D eigenvalue weighted by Gasteiger charge is 2.22. The topological polar surface area (TPSA) is 52.7 Å². The molecule has 0 bridgehead atoms. The van der Waals surface area contributed by atoms with Gasteiger partial charge in [-0.2, -0.15) is 0 Å². The van der Waals surface area contributed by atoms with Gasteiger partial charge in [0.05, 0.1) is 13.1 Å². The van der Waals surface area contributed by atoms with Crippen molar-refractivity contribution in [3.63, 3.8) is 0 Å². The lowest BCUT2D eigenvalue weighted by Crippen LogP contribution is -2.46. The average Bonchev–Trinajstić information content (AvgIpc) is 2.93. The van der Waals surface area contributed by atoms with Crippen molar-refractivity contribution in [2.75, 3.05) is 32.7 Å². The van der Waals surface area contributed by atoms with Crippen LogP contribution in [0.5, 0.6) is 0 Å². The number of carbonyl (C=O) groups excluding carboxylic acids is 2. The Morgan fingerprint density at radius 1 is 1.11 bits per heavy atom. The van der Waals surface area contributed by atoms with Crippen molar-refractivity contribution in [2.24, 2.45) is 0 Å². The SMILES string of the molecule is CC1CCCCN1CC(=O)NCC(=O)N1CCCC1. The molecule has 5 heteroatoms. The van der Waals surface area contributed by atoms with Crippen molar-refractivity contribution in [1.29, 1.82) is 0 Å². The molecule has 2 rings (SSSR count). The van der Waals surface area contributed by atoms with E-state index in [1.807, 2.05) is 4.90 Å². The van der Waals surface area contributed by atoms with E-state index in [2.05, 4.69) is 17.1 Å². The Balaban J connectivity index is 1.67. The van der Waals surface area contributed by atoms with Gasteiger partial charge in [0.15, 0.2) is 0 Å². The number of piperidine rings is 1. The summed E-state index contributed by atoms with van der Waals surface area (Å²) >= 11 is 0. The van der Waals surface area contributed by atoms with Gasteiger partial charge in [0, 0.05) is 19.1 Å². The number of likely N-dealkylation sites (tertiary alicyclic amines) is 2. The Kier molecular flexibility index (Phi) is 5.19. The molecule has 2 amide bonds. The summed E-state index contributed by atoms with van der Waals surface area (Å²) in [5, 5.41) is 2.76. The molecule has 2 aliphatic rings. The molecule has 5 nitrogen and oxygen atoms in total. The molecular formula is C14H25N3O2. The van der Waals surface area contributed by atoms with Crippen molar-refractivity contribution < 1.29 is 9.59 Å². The molecule has 0 aromatic rings. The monoisotopic (exact) mass is 267 g/mol. The lowest BCUT2D eigenvalue weighted by molar-refractivity contribution is -0.132. The summed E-state index contributed by atoms with van der Waals surface area (Å²) in [4.78, 5) is 27.7. The van der Waals surface area contributed by atoms with Crippen molar-refractivity contribution in [2.45, 2.75) is 45.1 Å². The highest BCUT2D eigenvalue weighted by atomic mass is 16.2. The third-order valence-corrected chi connectivity index (χ3v) is 4.18. The maximum atomic E-state index is 11.9. The Labute approximate surface area is 115 Å². The number of nitrogens with zero attached hydrogens (tertiary/aromatic N) is 2. The van der Waals surface area contributed by atoms with Gasteiger partial charge in [-0.3, -0.25) is 14.5 Å². The molecule has 1 unspecified atom stereocenters. The number of amides is 2. The minimum atomic E-state index is -0.0266. The van der Waals surface area contributed by atoms with Crippen LogP contribution < -0.4 is 5.32 Å². The van der Waals surface area contributed by atoms with E-state index in [-0.39, 0.29) is 18.4 Å². The zero-order valence-electron chi connectivity index (χ0n) is 11.9.